The van der Waals surface area contributed by atoms with Crippen molar-refractivity contribution >= 4 is 108 Å². The number of rotatable bonds is 3. The van der Waals surface area contributed by atoms with Crippen LogP contribution in [-0.2, 0) is 0 Å². The monoisotopic (exact) mass is 742 g/mol. The van der Waals surface area contributed by atoms with Crippen LogP contribution in [-0.4, -0.2) is 19.1 Å². The summed E-state index contributed by atoms with van der Waals surface area (Å²) in [5.41, 5.74) is 8.58. The predicted molar refractivity (Wildman–Crippen MR) is 242 cm³/mol. The van der Waals surface area contributed by atoms with Gasteiger partial charge >= 0.3 is 0 Å². The van der Waals surface area contributed by atoms with Crippen molar-refractivity contribution in [1.82, 2.24) is 19.1 Å². The number of hydrogen-bond donors (Lipinski definition) is 0. The number of aromatic nitrogens is 4. The van der Waals surface area contributed by atoms with Crippen LogP contribution >= 0.6 is 11.3 Å². The van der Waals surface area contributed by atoms with Gasteiger partial charge in [0.2, 0.25) is 5.95 Å². The van der Waals surface area contributed by atoms with Gasteiger partial charge in [0.05, 0.1) is 39.0 Å². The molecule has 0 aliphatic carbocycles. The van der Waals surface area contributed by atoms with Gasteiger partial charge in [-0.05, 0) is 58.6 Å². The van der Waals surface area contributed by atoms with E-state index in [2.05, 4.69) is 191 Å². The van der Waals surface area contributed by atoms with Crippen molar-refractivity contribution in [2.45, 2.75) is 0 Å². The van der Waals surface area contributed by atoms with E-state index in [-0.39, 0.29) is 0 Å². The van der Waals surface area contributed by atoms with Crippen molar-refractivity contribution in [3.63, 3.8) is 0 Å². The van der Waals surface area contributed by atoms with E-state index in [0.717, 1.165) is 49.7 Å². The Morgan fingerprint density at radius 2 is 1.00 bits per heavy atom. The predicted octanol–water partition coefficient (Wildman–Crippen LogP) is 14.2. The Kier molecular flexibility index (Phi) is 6.29. The Balaban J connectivity index is 1.16. The summed E-state index contributed by atoms with van der Waals surface area (Å²) < 4.78 is 7.34. The Morgan fingerprint density at radius 3 is 1.84 bits per heavy atom. The van der Waals surface area contributed by atoms with Gasteiger partial charge in [-0.15, -0.1) is 11.3 Å². The first-order valence-corrected chi connectivity index (χ1v) is 20.2. The van der Waals surface area contributed by atoms with E-state index < -0.39 is 0 Å². The molecule has 0 saturated heterocycles. The second-order valence-corrected chi connectivity index (χ2v) is 16.0. The van der Waals surface area contributed by atoms with Crippen LogP contribution in [0.3, 0.4) is 0 Å². The average Bonchev–Trinajstić information content (AvgIpc) is 3.92. The third-order valence-corrected chi connectivity index (χ3v) is 13.0. The minimum atomic E-state index is 0.654. The smallest absolute Gasteiger partial charge is 0.235 e. The van der Waals surface area contributed by atoms with E-state index in [1.807, 2.05) is 11.3 Å². The quantitative estimate of drug-likeness (QED) is 0.181. The molecule has 264 valence electrons. The van der Waals surface area contributed by atoms with E-state index in [1.54, 1.807) is 0 Å². The molecule has 0 atom stereocenters. The lowest BCUT2D eigenvalue weighted by atomic mass is 10.0. The largest absolute Gasteiger partial charge is 0.308 e. The van der Waals surface area contributed by atoms with Crippen LogP contribution in [0.15, 0.2) is 182 Å². The average molecular weight is 743 g/mol. The van der Waals surface area contributed by atoms with E-state index in [1.165, 1.54) is 63.5 Å². The highest BCUT2D eigenvalue weighted by molar-refractivity contribution is 7.25. The zero-order chi connectivity index (χ0) is 37.2. The highest BCUT2D eigenvalue weighted by Crippen LogP contribution is 2.45. The third-order valence-electron chi connectivity index (χ3n) is 11.9. The van der Waals surface area contributed by atoms with Crippen LogP contribution in [0.1, 0.15) is 0 Å². The first-order chi connectivity index (χ1) is 28.3. The summed E-state index contributed by atoms with van der Waals surface area (Å²) >= 11 is 1.83. The molecule has 57 heavy (non-hydrogen) atoms. The highest BCUT2D eigenvalue weighted by atomic mass is 32.1. The molecule has 0 saturated carbocycles. The SMILES string of the molecule is c1ccc2c(-n3c4ccccc4c4c5ccccc5ccc43)c3c4ccccc4n(-c4nc(-c5ccc6c(c5)sc5ccccc56)c5ccccc5n4)c3cc2c1. The zero-order valence-corrected chi connectivity index (χ0v) is 31.3. The van der Waals surface area contributed by atoms with Gasteiger partial charge < -0.3 is 4.57 Å². The van der Waals surface area contributed by atoms with Gasteiger partial charge in [-0.1, -0.05) is 140 Å². The van der Waals surface area contributed by atoms with E-state index in [4.69, 9.17) is 9.97 Å². The fourth-order valence-electron chi connectivity index (χ4n) is 9.45. The van der Waals surface area contributed by atoms with Crippen LogP contribution < -0.4 is 0 Å². The molecule has 4 heterocycles. The van der Waals surface area contributed by atoms with Crippen molar-refractivity contribution in [2.24, 2.45) is 0 Å². The molecule has 4 nitrogen and oxygen atoms in total. The van der Waals surface area contributed by atoms with Gasteiger partial charge in [0.15, 0.2) is 0 Å². The second kappa shape index (κ2) is 11.6. The van der Waals surface area contributed by atoms with Crippen LogP contribution in [0.4, 0.5) is 0 Å². The van der Waals surface area contributed by atoms with E-state index in [0.29, 0.717) is 5.95 Å². The molecule has 0 N–H and O–H groups in total. The van der Waals surface area contributed by atoms with Crippen molar-refractivity contribution in [2.75, 3.05) is 0 Å². The van der Waals surface area contributed by atoms with Crippen LogP contribution in [0.2, 0.25) is 0 Å². The number of hydrogen-bond acceptors (Lipinski definition) is 3. The van der Waals surface area contributed by atoms with Crippen molar-refractivity contribution < 1.29 is 0 Å². The molecule has 5 heteroatoms. The minimum Gasteiger partial charge on any atom is -0.308 e. The first kappa shape index (κ1) is 30.9. The topological polar surface area (TPSA) is 35.6 Å². The highest BCUT2D eigenvalue weighted by Gasteiger charge is 2.24. The Labute approximate surface area is 330 Å². The molecule has 0 amide bonds. The van der Waals surface area contributed by atoms with Gasteiger partial charge in [-0.25, -0.2) is 9.97 Å². The Morgan fingerprint density at radius 1 is 0.368 bits per heavy atom. The summed E-state index contributed by atoms with van der Waals surface area (Å²) in [6.45, 7) is 0. The Bertz CT molecular complexity index is 3830. The van der Waals surface area contributed by atoms with Gasteiger partial charge in [0.1, 0.15) is 0 Å². The third kappa shape index (κ3) is 4.32. The van der Waals surface area contributed by atoms with Gasteiger partial charge in [-0.2, -0.15) is 0 Å². The lowest BCUT2D eigenvalue weighted by Crippen LogP contribution is -2.04. The lowest BCUT2D eigenvalue weighted by molar-refractivity contribution is 1.01. The fraction of sp³-hybridized carbons (Fsp3) is 0. The van der Waals surface area contributed by atoms with E-state index in [9.17, 15) is 0 Å². The molecule has 9 aromatic carbocycles. The number of benzene rings is 9. The second-order valence-electron chi connectivity index (χ2n) is 14.9. The summed E-state index contributed by atoms with van der Waals surface area (Å²) in [4.78, 5) is 10.9. The molecule has 4 aromatic heterocycles. The Hall–Kier alpha value is -7.34. The molecule has 0 fully saturated rings. The number of para-hydroxylation sites is 3. The molecular formula is C52H30N4S. The number of nitrogens with zero attached hydrogens (tertiary/aromatic N) is 4. The molecule has 13 aromatic rings. The van der Waals surface area contributed by atoms with Crippen molar-refractivity contribution in [1.29, 1.82) is 0 Å². The van der Waals surface area contributed by atoms with Crippen LogP contribution in [0.25, 0.3) is 119 Å². The summed E-state index contributed by atoms with van der Waals surface area (Å²) in [5, 5.41) is 13.3. The molecule has 0 bridgehead atoms. The normalized spacial score (nSPS) is 12.2. The fourth-order valence-corrected chi connectivity index (χ4v) is 10.6. The molecule has 0 unspecified atom stereocenters. The summed E-state index contributed by atoms with van der Waals surface area (Å²) in [5.74, 6) is 0.654. The molecule has 0 spiro atoms. The number of fused-ring (bicyclic) bond motifs is 13. The maximum atomic E-state index is 5.53. The summed E-state index contributed by atoms with van der Waals surface area (Å²) in [7, 11) is 0. The summed E-state index contributed by atoms with van der Waals surface area (Å²) in [6, 6.07) is 65.9. The zero-order valence-electron chi connectivity index (χ0n) is 30.5. The van der Waals surface area contributed by atoms with Crippen molar-refractivity contribution in [3.05, 3.63) is 182 Å². The molecule has 0 radical (unpaired) electrons. The van der Waals surface area contributed by atoms with Gasteiger partial charge in [-0.3, -0.25) is 4.57 Å². The molecule has 0 aliphatic heterocycles. The van der Waals surface area contributed by atoms with E-state index >= 15 is 0 Å². The molecule has 0 aliphatic rings. The van der Waals surface area contributed by atoms with Gasteiger partial charge in [0.25, 0.3) is 0 Å². The molecule has 13 rings (SSSR count). The van der Waals surface area contributed by atoms with Gasteiger partial charge in [0, 0.05) is 58.1 Å². The maximum absolute atomic E-state index is 5.53. The number of thiophene rings is 1. The molecular weight excluding hydrogens is 713 g/mol. The first-order valence-electron chi connectivity index (χ1n) is 19.3. The van der Waals surface area contributed by atoms with Crippen LogP contribution in [0.5, 0.6) is 0 Å². The standard InChI is InChI=1S/C52H30N4S/c1-3-15-34-31(13-1)26-28-44-48(34)39-19-6-10-22-42(39)55(44)51-35-16-4-2-14-32(35)29-45-49(51)40-20-7-11-23-43(40)56(45)52-53-41-21-9-5-18-38(41)50(54-52)33-25-27-37-36-17-8-12-24-46(36)57-47(37)30-33/h1-30H. The lowest BCUT2D eigenvalue weighted by Gasteiger charge is -2.15. The summed E-state index contributed by atoms with van der Waals surface area (Å²) in [6.07, 6.45) is 0. The minimum absolute atomic E-state index is 0.654. The maximum Gasteiger partial charge on any atom is 0.235 e. The van der Waals surface area contributed by atoms with Crippen LogP contribution in [0, 0.1) is 0 Å². The van der Waals surface area contributed by atoms with Crippen molar-refractivity contribution in [3.8, 4) is 22.9 Å².